The Bertz CT molecular complexity index is 732. The first-order valence-electron chi connectivity index (χ1n) is 7.48. The number of hydrogen-bond donors (Lipinski definition) is 0. The second kappa shape index (κ2) is 5.58. The topological polar surface area (TPSA) is 48.4 Å². The van der Waals surface area contributed by atoms with Crippen molar-refractivity contribution >= 4 is 43.5 Å². The molecule has 22 heavy (non-hydrogen) atoms. The summed E-state index contributed by atoms with van der Waals surface area (Å²) in [4.78, 5) is 16.6. The number of rotatable bonds is 2. The number of benzene rings is 1. The van der Waals surface area contributed by atoms with E-state index in [9.17, 15) is 4.79 Å². The lowest BCUT2D eigenvalue weighted by atomic mass is 9.87. The van der Waals surface area contributed by atoms with Gasteiger partial charge >= 0.3 is 5.97 Å². The fourth-order valence-corrected chi connectivity index (χ4v) is 5.15. The molecule has 4 nitrogen and oxygen atoms in total. The van der Waals surface area contributed by atoms with E-state index >= 15 is 0 Å². The average Bonchev–Trinajstić information content (AvgIpc) is 3.06. The summed E-state index contributed by atoms with van der Waals surface area (Å²) in [5, 5.41) is 0. The fourth-order valence-electron chi connectivity index (χ4n) is 3.69. The maximum absolute atomic E-state index is 12.0. The molecule has 2 aliphatic heterocycles. The van der Waals surface area contributed by atoms with Crippen LogP contribution in [0.4, 0.5) is 0 Å². The van der Waals surface area contributed by atoms with Gasteiger partial charge in [0.1, 0.15) is 0 Å². The number of esters is 1. The van der Waals surface area contributed by atoms with Gasteiger partial charge in [-0.15, -0.1) is 11.3 Å². The second-order valence-corrected chi connectivity index (χ2v) is 8.30. The standard InChI is InChI=1S/C16H16BrNO3S/c1-20-15(19)9-6-12(14-13(7-9)22-16(17)18-14)8-4-10-2-3-11(5-8)21-10/h6-8,10-11H,2-5H2,1H3. The lowest BCUT2D eigenvalue weighted by molar-refractivity contribution is -0.00361. The second-order valence-electron chi connectivity index (χ2n) is 6.00. The van der Waals surface area contributed by atoms with Crippen molar-refractivity contribution < 1.29 is 14.3 Å². The van der Waals surface area contributed by atoms with Crippen LogP contribution >= 0.6 is 27.3 Å². The Hall–Kier alpha value is -0.980. The SMILES string of the molecule is COC(=O)c1cc(C2CC3CCC(C2)O3)c2nc(Br)sc2c1. The van der Waals surface area contributed by atoms with E-state index < -0.39 is 0 Å². The van der Waals surface area contributed by atoms with Crippen LogP contribution in [0.3, 0.4) is 0 Å². The van der Waals surface area contributed by atoms with Gasteiger partial charge in [-0.25, -0.2) is 9.78 Å². The summed E-state index contributed by atoms with van der Waals surface area (Å²) in [5.41, 5.74) is 2.79. The van der Waals surface area contributed by atoms with Crippen molar-refractivity contribution in [2.45, 2.75) is 43.8 Å². The van der Waals surface area contributed by atoms with Crippen LogP contribution in [0.15, 0.2) is 16.0 Å². The van der Waals surface area contributed by atoms with Crippen LogP contribution in [0.5, 0.6) is 0 Å². The minimum atomic E-state index is -0.289. The van der Waals surface area contributed by atoms with E-state index in [4.69, 9.17) is 9.47 Å². The molecule has 0 amide bonds. The molecule has 2 bridgehead atoms. The summed E-state index contributed by atoms with van der Waals surface area (Å²) in [6, 6.07) is 3.84. The van der Waals surface area contributed by atoms with E-state index in [0.717, 1.165) is 39.8 Å². The van der Waals surface area contributed by atoms with Crippen LogP contribution in [0.25, 0.3) is 10.2 Å². The zero-order chi connectivity index (χ0) is 15.3. The Morgan fingerprint density at radius 2 is 2.09 bits per heavy atom. The minimum absolute atomic E-state index is 0.289. The summed E-state index contributed by atoms with van der Waals surface area (Å²) < 4.78 is 12.7. The van der Waals surface area contributed by atoms with Gasteiger partial charge in [-0.3, -0.25) is 0 Å². The summed E-state index contributed by atoms with van der Waals surface area (Å²) in [7, 11) is 1.42. The molecule has 2 atom stereocenters. The first-order valence-corrected chi connectivity index (χ1v) is 9.08. The number of halogens is 1. The first-order chi connectivity index (χ1) is 10.6. The molecule has 1 aromatic carbocycles. The molecule has 0 radical (unpaired) electrons. The van der Waals surface area contributed by atoms with Gasteiger partial charge in [-0.05, 0) is 65.2 Å². The highest BCUT2D eigenvalue weighted by molar-refractivity contribution is 9.11. The highest BCUT2D eigenvalue weighted by Crippen LogP contribution is 2.44. The first kappa shape index (κ1) is 14.6. The number of ether oxygens (including phenoxy) is 2. The summed E-state index contributed by atoms with van der Waals surface area (Å²) in [5.74, 6) is 0.120. The van der Waals surface area contributed by atoms with E-state index in [1.807, 2.05) is 12.1 Å². The van der Waals surface area contributed by atoms with E-state index in [2.05, 4.69) is 20.9 Å². The summed E-state index contributed by atoms with van der Waals surface area (Å²) in [6.07, 6.45) is 5.07. The molecule has 0 spiro atoms. The fraction of sp³-hybridized carbons (Fsp3) is 0.500. The van der Waals surface area contributed by atoms with Gasteiger partial charge in [0.25, 0.3) is 0 Å². The molecule has 2 aliphatic rings. The van der Waals surface area contributed by atoms with Crippen LogP contribution in [0.2, 0.25) is 0 Å². The van der Waals surface area contributed by atoms with Gasteiger partial charge in [-0.1, -0.05) is 0 Å². The van der Waals surface area contributed by atoms with Crippen LogP contribution < -0.4 is 0 Å². The molecule has 0 saturated carbocycles. The van der Waals surface area contributed by atoms with E-state index in [0.29, 0.717) is 23.7 Å². The van der Waals surface area contributed by atoms with Gasteiger partial charge in [0, 0.05) is 0 Å². The Morgan fingerprint density at radius 3 is 2.77 bits per heavy atom. The molecule has 2 unspecified atom stereocenters. The molecule has 1 aromatic heterocycles. The summed E-state index contributed by atoms with van der Waals surface area (Å²) in [6.45, 7) is 0. The Balaban J connectivity index is 1.82. The molecule has 116 valence electrons. The molecular weight excluding hydrogens is 366 g/mol. The van der Waals surface area contributed by atoms with Gasteiger partial charge in [0.05, 0.1) is 35.1 Å². The maximum Gasteiger partial charge on any atom is 0.337 e. The van der Waals surface area contributed by atoms with E-state index in [1.54, 1.807) is 11.3 Å². The molecule has 0 aliphatic carbocycles. The lowest BCUT2D eigenvalue weighted by Crippen LogP contribution is -2.24. The Kier molecular flexibility index (Phi) is 3.71. The molecular formula is C16H16BrNO3S. The molecule has 3 heterocycles. The average molecular weight is 382 g/mol. The molecule has 4 rings (SSSR count). The van der Waals surface area contributed by atoms with Crippen molar-refractivity contribution in [2.75, 3.05) is 7.11 Å². The smallest absolute Gasteiger partial charge is 0.337 e. The lowest BCUT2D eigenvalue weighted by Gasteiger charge is -2.29. The monoisotopic (exact) mass is 381 g/mol. The maximum atomic E-state index is 12.0. The number of carbonyl (C=O) groups excluding carboxylic acids is 1. The molecule has 2 aromatic rings. The number of nitrogens with zero attached hydrogens (tertiary/aromatic N) is 1. The number of aromatic nitrogens is 1. The van der Waals surface area contributed by atoms with Gasteiger partial charge in [0.2, 0.25) is 0 Å². The Morgan fingerprint density at radius 1 is 1.36 bits per heavy atom. The molecule has 0 N–H and O–H groups in total. The Labute approximate surface area is 141 Å². The largest absolute Gasteiger partial charge is 0.465 e. The number of hydrogen-bond acceptors (Lipinski definition) is 5. The number of fused-ring (bicyclic) bond motifs is 3. The zero-order valence-corrected chi connectivity index (χ0v) is 14.6. The van der Waals surface area contributed by atoms with Crippen molar-refractivity contribution in [1.29, 1.82) is 0 Å². The van der Waals surface area contributed by atoms with Crippen LogP contribution in [0.1, 0.15) is 47.5 Å². The van der Waals surface area contributed by atoms with Crippen LogP contribution in [-0.4, -0.2) is 30.3 Å². The van der Waals surface area contributed by atoms with Crippen LogP contribution in [0, 0.1) is 0 Å². The van der Waals surface area contributed by atoms with Gasteiger partial charge < -0.3 is 9.47 Å². The van der Waals surface area contributed by atoms with Crippen molar-refractivity contribution in [3.05, 3.63) is 27.2 Å². The van der Waals surface area contributed by atoms with Crippen molar-refractivity contribution in [3.8, 4) is 0 Å². The van der Waals surface area contributed by atoms with Crippen molar-refractivity contribution in [3.63, 3.8) is 0 Å². The molecule has 2 fully saturated rings. The minimum Gasteiger partial charge on any atom is -0.465 e. The van der Waals surface area contributed by atoms with Crippen molar-refractivity contribution in [1.82, 2.24) is 4.98 Å². The molecule has 6 heteroatoms. The number of thiazole rings is 1. The summed E-state index contributed by atoms with van der Waals surface area (Å²) >= 11 is 5.02. The zero-order valence-electron chi connectivity index (χ0n) is 12.2. The highest BCUT2D eigenvalue weighted by Gasteiger charge is 2.36. The predicted octanol–water partition coefficient (Wildman–Crippen LogP) is 4.27. The number of methoxy groups -OCH3 is 1. The molecule has 2 saturated heterocycles. The third kappa shape index (κ3) is 2.47. The number of carbonyl (C=O) groups is 1. The normalized spacial score (nSPS) is 27.3. The third-order valence-corrected chi connectivity index (χ3v) is 6.10. The highest BCUT2D eigenvalue weighted by atomic mass is 79.9. The van der Waals surface area contributed by atoms with E-state index in [1.165, 1.54) is 12.7 Å². The predicted molar refractivity (Wildman–Crippen MR) is 88.5 cm³/mol. The quantitative estimate of drug-likeness (QED) is 0.728. The third-order valence-electron chi connectivity index (χ3n) is 4.65. The van der Waals surface area contributed by atoms with Crippen molar-refractivity contribution in [2.24, 2.45) is 0 Å². The van der Waals surface area contributed by atoms with E-state index in [-0.39, 0.29) is 5.97 Å². The van der Waals surface area contributed by atoms with Gasteiger partial charge in [-0.2, -0.15) is 0 Å². The van der Waals surface area contributed by atoms with Crippen LogP contribution in [-0.2, 0) is 9.47 Å². The van der Waals surface area contributed by atoms with Gasteiger partial charge in [0.15, 0.2) is 3.92 Å².